The van der Waals surface area contributed by atoms with Gasteiger partial charge in [0.1, 0.15) is 17.5 Å². The summed E-state index contributed by atoms with van der Waals surface area (Å²) in [6, 6.07) is 0.134. The first-order valence-electron chi connectivity index (χ1n) is 44.3. The summed E-state index contributed by atoms with van der Waals surface area (Å²) in [5, 5.41) is 63.5. The van der Waals surface area contributed by atoms with Gasteiger partial charge in [0.05, 0.1) is 69.5 Å². The number of aliphatic hydroxyl groups is 5. The van der Waals surface area contributed by atoms with Gasteiger partial charge in [-0.15, -0.1) is 0 Å². The van der Waals surface area contributed by atoms with Gasteiger partial charge in [0.25, 0.3) is 17.7 Å². The monoisotopic (exact) mass is 1630 g/mol. The van der Waals surface area contributed by atoms with E-state index in [9.17, 15) is 39.9 Å². The van der Waals surface area contributed by atoms with Gasteiger partial charge in [0.15, 0.2) is 0 Å². The molecule has 9 aliphatic rings. The number of aliphatic hydroxyl groups excluding tert-OH is 4. The van der Waals surface area contributed by atoms with E-state index in [2.05, 4.69) is 144 Å². The van der Waals surface area contributed by atoms with Gasteiger partial charge in [-0.05, 0) is 262 Å². The van der Waals surface area contributed by atoms with Crippen LogP contribution < -0.4 is 49.9 Å². The summed E-state index contributed by atoms with van der Waals surface area (Å²) in [5.74, 6) is 4.90. The van der Waals surface area contributed by atoms with Crippen LogP contribution in [0.5, 0.6) is 0 Å². The largest absolute Gasteiger partial charge is 0.399 e. The molecule has 0 aromatic carbocycles. The molecular formula is C91H145N19O8. The van der Waals surface area contributed by atoms with Crippen LogP contribution in [0.3, 0.4) is 0 Å². The van der Waals surface area contributed by atoms with E-state index >= 15 is 0 Å². The Labute approximate surface area is 702 Å². The summed E-state index contributed by atoms with van der Waals surface area (Å²) in [6.07, 6.45) is 43.6. The van der Waals surface area contributed by atoms with Gasteiger partial charge in [-0.1, -0.05) is 92.7 Å². The fourth-order valence-electron chi connectivity index (χ4n) is 18.0. The van der Waals surface area contributed by atoms with Crippen molar-refractivity contribution in [3.8, 4) is 0 Å². The molecule has 3 amide bonds. The molecule has 0 spiro atoms. The average Bonchev–Trinajstić information content (AvgIpc) is 0.731. The predicted octanol–water partition coefficient (Wildman–Crippen LogP) is 13.7. The molecule has 652 valence electrons. The molecule has 14 rings (SSSR count). The number of hydrogen-bond donors (Lipinski definition) is 14. The molecule has 19 N–H and O–H groups in total. The third kappa shape index (κ3) is 28.5. The van der Waals surface area contributed by atoms with Crippen molar-refractivity contribution in [2.75, 3.05) is 21.3 Å². The molecule has 9 saturated carbocycles. The van der Waals surface area contributed by atoms with Gasteiger partial charge in [-0.25, -0.2) is 49.8 Å². The highest BCUT2D eigenvalue weighted by Crippen LogP contribution is 2.65. The second-order valence-corrected chi connectivity index (χ2v) is 38.8. The van der Waals surface area contributed by atoms with Crippen LogP contribution in [0, 0.1) is 40.4 Å². The van der Waals surface area contributed by atoms with Crippen molar-refractivity contribution in [1.29, 1.82) is 0 Å². The summed E-state index contributed by atoms with van der Waals surface area (Å²) in [6.45, 7) is 31.0. The molecule has 10 atom stereocenters. The van der Waals surface area contributed by atoms with E-state index in [1.807, 2.05) is 13.1 Å². The first-order chi connectivity index (χ1) is 55.7. The van der Waals surface area contributed by atoms with E-state index in [0.29, 0.717) is 111 Å². The lowest BCUT2D eigenvalue weighted by Crippen LogP contribution is -2.53. The molecule has 27 nitrogen and oxygen atoms in total. The van der Waals surface area contributed by atoms with Crippen LogP contribution in [0.2, 0.25) is 0 Å². The molecule has 9 fully saturated rings. The number of anilines is 4. The fraction of sp³-hybridized carbons (Fsp3) is 0.703. The minimum absolute atomic E-state index is 0.119. The summed E-state index contributed by atoms with van der Waals surface area (Å²) in [5.41, 5.74) is 35.3. The Kier molecular flexibility index (Phi) is 33.3. The topological polar surface area (TPSA) is 459 Å². The number of carbonyl (C=O) groups is 3. The normalized spacial score (nSPS) is 26.0. The lowest BCUT2D eigenvalue weighted by atomic mass is 9.43. The quantitative estimate of drug-likeness (QED) is 0.0207. The van der Waals surface area contributed by atoms with Crippen molar-refractivity contribution in [2.45, 2.75) is 366 Å². The first kappa shape index (κ1) is 93.8. The highest BCUT2D eigenvalue weighted by Gasteiger charge is 2.56. The Morgan fingerprint density at radius 1 is 0.458 bits per heavy atom. The van der Waals surface area contributed by atoms with Crippen LogP contribution in [-0.4, -0.2) is 146 Å². The number of amides is 3. The fourth-order valence-corrected chi connectivity index (χ4v) is 18.0. The molecule has 118 heavy (non-hydrogen) atoms. The van der Waals surface area contributed by atoms with Gasteiger partial charge in [0, 0.05) is 89.0 Å². The highest BCUT2D eigenvalue weighted by molar-refractivity contribution is 5.97. The molecule has 5 aromatic heterocycles. The Morgan fingerprint density at radius 3 is 1.31 bits per heavy atom. The minimum atomic E-state index is -0.631. The molecule has 9 aliphatic carbocycles. The Morgan fingerprint density at radius 2 is 0.864 bits per heavy atom. The van der Waals surface area contributed by atoms with Crippen LogP contribution >= 0.6 is 0 Å². The van der Waals surface area contributed by atoms with Crippen LogP contribution in [0.1, 0.15) is 352 Å². The molecule has 0 radical (unpaired) electrons. The van der Waals surface area contributed by atoms with Gasteiger partial charge in [-0.2, -0.15) is 0 Å². The zero-order valence-corrected chi connectivity index (χ0v) is 73.1. The van der Waals surface area contributed by atoms with Crippen molar-refractivity contribution in [3.05, 3.63) is 106 Å². The molecule has 27 heteroatoms. The van der Waals surface area contributed by atoms with Crippen LogP contribution in [0.4, 0.5) is 23.7 Å². The SMILES string of the molecule is C=C(N)c1cnc(CC(C)(C)CC)nc1C[C@@H]1CCCC[C@H](O)C1.C=C(N)c1cnc(NC2(C)CCC2)nc1C[C@@H]1CCCC[C@H](O)C1.CCC(C)(C)Nc1ncc(C(N)=O)c(C[C@@H]2CCC[C@H](O)C2)n1.CCC(C)(C)Nc1ncc(C(N)=O)c(C[C@@H]2CCC[C@](C)(O)C2)n1.NC(=O)c1cnc(CC23CC(C2)C3)nc1N[C@@H]1CCC[C@H](O)C1. The highest BCUT2D eigenvalue weighted by atomic mass is 16.3. The number of primary amides is 3. The number of rotatable bonds is 28. The summed E-state index contributed by atoms with van der Waals surface area (Å²) in [7, 11) is 0. The van der Waals surface area contributed by atoms with Crippen molar-refractivity contribution >= 4 is 52.8 Å². The Bertz CT molecular complexity index is 3860. The minimum Gasteiger partial charge on any atom is -0.399 e. The summed E-state index contributed by atoms with van der Waals surface area (Å²) >= 11 is 0. The second-order valence-electron chi connectivity index (χ2n) is 38.8. The molecule has 5 heterocycles. The van der Waals surface area contributed by atoms with Crippen LogP contribution in [0.25, 0.3) is 11.4 Å². The number of aromatic nitrogens is 10. The van der Waals surface area contributed by atoms with E-state index in [-0.39, 0.29) is 52.5 Å². The smallest absolute Gasteiger partial charge is 0.254 e. The molecule has 2 bridgehead atoms. The first-order valence-corrected chi connectivity index (χ1v) is 44.3. The zero-order chi connectivity index (χ0) is 85.9. The van der Waals surface area contributed by atoms with Gasteiger partial charge in [0.2, 0.25) is 17.8 Å². The summed E-state index contributed by atoms with van der Waals surface area (Å²) in [4.78, 5) is 80.1. The second kappa shape index (κ2) is 41.9. The molecule has 0 saturated heterocycles. The zero-order valence-electron chi connectivity index (χ0n) is 73.1. The third-order valence-corrected chi connectivity index (χ3v) is 26.4. The molecule has 5 aromatic rings. The lowest BCUT2D eigenvalue weighted by molar-refractivity contribution is -0.106. The van der Waals surface area contributed by atoms with Gasteiger partial charge in [-0.3, -0.25) is 14.4 Å². The van der Waals surface area contributed by atoms with Crippen molar-refractivity contribution in [2.24, 2.45) is 69.1 Å². The lowest BCUT2D eigenvalue weighted by Gasteiger charge is -2.62. The van der Waals surface area contributed by atoms with E-state index < -0.39 is 23.3 Å². The Balaban J connectivity index is 0.000000168. The van der Waals surface area contributed by atoms with E-state index in [0.717, 1.165) is 220 Å². The van der Waals surface area contributed by atoms with Crippen molar-refractivity contribution < 1.29 is 39.9 Å². The average molecular weight is 1630 g/mol. The molecule has 0 aliphatic heterocycles. The predicted molar refractivity (Wildman–Crippen MR) is 468 cm³/mol. The van der Waals surface area contributed by atoms with Crippen molar-refractivity contribution in [1.82, 2.24) is 49.8 Å². The number of nitrogens with zero attached hydrogens (tertiary/aromatic N) is 10. The number of hydrogen-bond acceptors (Lipinski definition) is 24. The molecular weight excluding hydrogens is 1490 g/mol. The van der Waals surface area contributed by atoms with Crippen LogP contribution in [0.15, 0.2) is 44.1 Å². The maximum absolute atomic E-state index is 11.7. The molecule has 0 unspecified atom stereocenters. The number of nitrogens with one attached hydrogen (secondary N) is 4. The maximum atomic E-state index is 11.7. The van der Waals surface area contributed by atoms with Crippen LogP contribution in [-0.2, 0) is 38.5 Å². The van der Waals surface area contributed by atoms with E-state index in [4.69, 9.17) is 38.6 Å². The van der Waals surface area contributed by atoms with E-state index in [1.54, 1.807) is 12.4 Å². The van der Waals surface area contributed by atoms with Crippen molar-refractivity contribution in [3.63, 3.8) is 0 Å². The number of nitrogens with two attached hydrogens (primary N) is 5. The maximum Gasteiger partial charge on any atom is 0.254 e. The Hall–Kier alpha value is -8.11. The van der Waals surface area contributed by atoms with Gasteiger partial charge >= 0.3 is 0 Å². The van der Waals surface area contributed by atoms with E-state index in [1.165, 1.54) is 50.9 Å². The third-order valence-electron chi connectivity index (χ3n) is 26.4. The summed E-state index contributed by atoms with van der Waals surface area (Å²) < 4.78 is 0. The number of carbonyl (C=O) groups excluding carboxylic acids is 3. The standard InChI is InChI=1S/C20H33N3O.C19H30N4O.C18H30N4O2.C17H24N4O2.C17H28N4O2/c1-5-20(3,4)12-19-22-13-17(14(2)21)18(23-19)11-15-8-6-7-9-16(24)10-15;1-13(20)16-12-21-18(23-19(2)8-5-9-19)22-17(16)11-14-6-3-4-7-15(24)10-14;1-5-17(2,3)22-16-20-11-13(15(19)23)14(21-16)9-12-7-6-8-18(4,24)10-12;18-15(23)13-9-19-14(8-17-5-10(6-17)7-17)21-16(13)20-11-2-1-3-12(22)4-11;1-4-17(2,3)21-16-19-10-13(15(18)23)14(20-16)9-11-6-5-7-12(22)8-11/h13,15-16,24H,2,5-12,21H2,1,3-4H3;12,14-15,24H,1,3-11,20H2,2H3,(H,21,22,23);11-12,24H,5-10H2,1-4H3,(H2,19,23)(H,20,21,22);9-12,22H,1-8H2,(H2,18,23)(H,19,20,21);10-12,22H,4-9H2,1-3H3,(H2,18,23)(H,19,20,21)/t15-,16+;14-,15+;12-,18-;10?,11-,12+,17?;11-,12+/m11011/s1. The van der Waals surface area contributed by atoms with Gasteiger partial charge < -0.3 is 75.5 Å².